The van der Waals surface area contributed by atoms with Crippen LogP contribution in [0.2, 0.25) is 0 Å². The predicted molar refractivity (Wildman–Crippen MR) is 76.3 cm³/mol. The lowest BCUT2D eigenvalue weighted by Crippen LogP contribution is -2.15. The number of aromatic nitrogens is 1. The zero-order chi connectivity index (χ0) is 13.1. The van der Waals surface area contributed by atoms with Crippen LogP contribution in [-0.2, 0) is 0 Å². The summed E-state index contributed by atoms with van der Waals surface area (Å²) >= 11 is 0. The van der Waals surface area contributed by atoms with Crippen molar-refractivity contribution in [3.8, 4) is 5.75 Å². The van der Waals surface area contributed by atoms with Crippen molar-refractivity contribution >= 4 is 27.2 Å². The molecule has 2 aromatic heterocycles. The van der Waals surface area contributed by atoms with Gasteiger partial charge in [0.25, 0.3) is 5.56 Å². The maximum Gasteiger partial charge on any atom is 0.262 e. The van der Waals surface area contributed by atoms with Gasteiger partial charge in [0.15, 0.2) is 0 Å². The van der Waals surface area contributed by atoms with Crippen molar-refractivity contribution < 1.29 is 5.11 Å². The number of hydrogen-bond donors (Lipinski definition) is 1. The van der Waals surface area contributed by atoms with Gasteiger partial charge in [0, 0.05) is 16.2 Å². The van der Waals surface area contributed by atoms with Crippen LogP contribution < -0.4 is 5.56 Å². The minimum atomic E-state index is -0.151. The number of benzene rings is 2. The van der Waals surface area contributed by atoms with Gasteiger partial charge in [-0.1, -0.05) is 30.3 Å². The molecule has 4 aromatic rings. The highest BCUT2D eigenvalue weighted by Gasteiger charge is 2.17. The van der Waals surface area contributed by atoms with E-state index in [2.05, 4.69) is 0 Å². The van der Waals surface area contributed by atoms with E-state index in [4.69, 9.17) is 0 Å². The van der Waals surface area contributed by atoms with E-state index in [0.717, 1.165) is 27.2 Å². The van der Waals surface area contributed by atoms with E-state index in [1.165, 1.54) is 0 Å². The molecule has 0 unspecified atom stereocenters. The van der Waals surface area contributed by atoms with Crippen LogP contribution in [0.25, 0.3) is 27.2 Å². The van der Waals surface area contributed by atoms with Crippen LogP contribution >= 0.6 is 0 Å². The number of pyridine rings is 1. The normalized spacial score (nSPS) is 11.8. The minimum absolute atomic E-state index is 0.0888. The molecule has 0 saturated carbocycles. The highest BCUT2D eigenvalue weighted by molar-refractivity contribution is 6.15. The Balaban J connectivity index is 2.55. The van der Waals surface area contributed by atoms with E-state index in [1.54, 1.807) is 11.3 Å². The van der Waals surface area contributed by atoms with Gasteiger partial charge in [-0.2, -0.15) is 0 Å². The molecule has 19 heavy (non-hydrogen) atoms. The third-order valence-corrected chi connectivity index (χ3v) is 3.83. The standard InChI is InChI=1S/C16H11NO2/c1-9-15(18)12-7-4-6-11-10-5-2-3-8-13(10)17(14(11)12)16(9)19/h2-8,18H,1H3. The summed E-state index contributed by atoms with van der Waals surface area (Å²) in [6.45, 7) is 1.66. The first-order valence-corrected chi connectivity index (χ1v) is 6.17. The van der Waals surface area contributed by atoms with Crippen molar-refractivity contribution in [2.75, 3.05) is 0 Å². The van der Waals surface area contributed by atoms with E-state index in [0.29, 0.717) is 5.56 Å². The molecule has 0 aliphatic carbocycles. The van der Waals surface area contributed by atoms with E-state index >= 15 is 0 Å². The number of rotatable bonds is 0. The summed E-state index contributed by atoms with van der Waals surface area (Å²) in [4.78, 5) is 12.4. The second-order valence-corrected chi connectivity index (χ2v) is 4.83. The Morgan fingerprint density at radius 1 is 0.947 bits per heavy atom. The van der Waals surface area contributed by atoms with Gasteiger partial charge < -0.3 is 5.11 Å². The average Bonchev–Trinajstić information content (AvgIpc) is 2.78. The first-order chi connectivity index (χ1) is 9.20. The lowest BCUT2D eigenvalue weighted by molar-refractivity contribution is 0.476. The Hall–Kier alpha value is -2.55. The second-order valence-electron chi connectivity index (χ2n) is 4.83. The van der Waals surface area contributed by atoms with Crippen molar-refractivity contribution in [1.82, 2.24) is 4.40 Å². The third kappa shape index (κ3) is 1.10. The van der Waals surface area contributed by atoms with Gasteiger partial charge in [-0.25, -0.2) is 0 Å². The fraction of sp³-hybridized carbons (Fsp3) is 0.0625. The number of para-hydroxylation sites is 2. The zero-order valence-electron chi connectivity index (χ0n) is 10.3. The van der Waals surface area contributed by atoms with Crippen molar-refractivity contribution in [2.24, 2.45) is 0 Å². The number of nitrogens with zero attached hydrogens (tertiary/aromatic N) is 1. The molecule has 0 aliphatic heterocycles. The van der Waals surface area contributed by atoms with Crippen LogP contribution in [0, 0.1) is 6.92 Å². The monoisotopic (exact) mass is 249 g/mol. The molecule has 2 aromatic carbocycles. The Kier molecular flexibility index (Phi) is 1.78. The van der Waals surface area contributed by atoms with E-state index in [-0.39, 0.29) is 11.3 Å². The quantitative estimate of drug-likeness (QED) is 0.520. The number of aromatic hydroxyl groups is 1. The fourth-order valence-corrected chi connectivity index (χ4v) is 2.89. The van der Waals surface area contributed by atoms with Gasteiger partial charge in [-0.05, 0) is 19.1 Å². The lowest BCUT2D eigenvalue weighted by Gasteiger charge is -2.05. The molecule has 0 amide bonds. The summed E-state index contributed by atoms with van der Waals surface area (Å²) in [6, 6.07) is 13.6. The van der Waals surface area contributed by atoms with Crippen LogP contribution in [0.15, 0.2) is 47.3 Å². The Bertz CT molecular complexity index is 998. The fourth-order valence-electron chi connectivity index (χ4n) is 2.89. The number of fused-ring (bicyclic) bond motifs is 3. The molecule has 92 valence electrons. The van der Waals surface area contributed by atoms with Crippen molar-refractivity contribution in [3.63, 3.8) is 0 Å². The Morgan fingerprint density at radius 2 is 1.63 bits per heavy atom. The third-order valence-electron chi connectivity index (χ3n) is 3.83. The molecule has 0 radical (unpaired) electrons. The molecular formula is C16H11NO2. The zero-order valence-corrected chi connectivity index (χ0v) is 10.3. The molecule has 0 spiro atoms. The van der Waals surface area contributed by atoms with Gasteiger partial charge in [-0.3, -0.25) is 9.20 Å². The summed E-state index contributed by atoms with van der Waals surface area (Å²) < 4.78 is 1.70. The van der Waals surface area contributed by atoms with Crippen molar-refractivity contribution in [3.05, 3.63) is 58.4 Å². The predicted octanol–water partition coefficient (Wildman–Crippen LogP) is 3.06. The van der Waals surface area contributed by atoms with Crippen molar-refractivity contribution in [2.45, 2.75) is 6.92 Å². The smallest absolute Gasteiger partial charge is 0.262 e. The van der Waals surface area contributed by atoms with Gasteiger partial charge >= 0.3 is 0 Å². The lowest BCUT2D eigenvalue weighted by atomic mass is 10.1. The molecule has 0 bridgehead atoms. The number of hydrogen-bond acceptors (Lipinski definition) is 2. The second kappa shape index (κ2) is 3.26. The maximum atomic E-state index is 12.4. The Labute approximate surface area is 108 Å². The molecule has 0 fully saturated rings. The van der Waals surface area contributed by atoms with E-state index in [9.17, 15) is 9.90 Å². The van der Waals surface area contributed by atoms with Crippen LogP contribution in [0.3, 0.4) is 0 Å². The summed E-state index contributed by atoms with van der Waals surface area (Å²) in [5.74, 6) is 0.0888. The van der Waals surface area contributed by atoms with Gasteiger partial charge in [-0.15, -0.1) is 0 Å². The molecule has 3 nitrogen and oxygen atoms in total. The molecule has 0 saturated heterocycles. The SMILES string of the molecule is Cc1c(O)c2cccc3c4ccccc4n(c1=O)c23. The summed E-state index contributed by atoms with van der Waals surface area (Å²) in [5.41, 5.74) is 1.93. The maximum absolute atomic E-state index is 12.4. The van der Waals surface area contributed by atoms with Crippen molar-refractivity contribution in [1.29, 1.82) is 0 Å². The molecule has 1 N–H and O–H groups in total. The molecule has 0 aliphatic rings. The van der Waals surface area contributed by atoms with Crippen LogP contribution in [-0.4, -0.2) is 9.51 Å². The Morgan fingerprint density at radius 3 is 2.47 bits per heavy atom. The summed E-state index contributed by atoms with van der Waals surface area (Å²) in [7, 11) is 0. The molecule has 4 rings (SSSR count). The molecule has 0 atom stereocenters. The minimum Gasteiger partial charge on any atom is -0.507 e. The molecular weight excluding hydrogens is 238 g/mol. The van der Waals surface area contributed by atoms with Crippen LogP contribution in [0.4, 0.5) is 0 Å². The highest BCUT2D eigenvalue weighted by atomic mass is 16.3. The summed E-state index contributed by atoms with van der Waals surface area (Å²) in [5, 5.41) is 12.9. The van der Waals surface area contributed by atoms with Gasteiger partial charge in [0.05, 0.1) is 16.6 Å². The average molecular weight is 249 g/mol. The molecule has 2 heterocycles. The largest absolute Gasteiger partial charge is 0.507 e. The highest BCUT2D eigenvalue weighted by Crippen LogP contribution is 2.35. The van der Waals surface area contributed by atoms with Crippen LogP contribution in [0.5, 0.6) is 5.75 Å². The summed E-state index contributed by atoms with van der Waals surface area (Å²) in [6.07, 6.45) is 0. The first kappa shape index (κ1) is 10.4. The van der Waals surface area contributed by atoms with E-state index < -0.39 is 0 Å². The topological polar surface area (TPSA) is 41.7 Å². The van der Waals surface area contributed by atoms with E-state index in [1.807, 2.05) is 42.5 Å². The van der Waals surface area contributed by atoms with Gasteiger partial charge in [0.1, 0.15) is 5.75 Å². The van der Waals surface area contributed by atoms with Crippen LogP contribution in [0.1, 0.15) is 5.56 Å². The molecule has 3 heteroatoms. The first-order valence-electron chi connectivity index (χ1n) is 6.17. The van der Waals surface area contributed by atoms with Gasteiger partial charge in [0.2, 0.25) is 0 Å².